The standard InChI is InChI=1S/C22H22N4O5/c1-14-3-4-17(13-19(14)26(28)29)22(27)25-11-9-16(10-12-25)21-23-20(24-31-21)15-5-7-18(30-2)8-6-15/h3-8,13,16H,9-12H2,1-2H3. The van der Waals surface area contributed by atoms with Gasteiger partial charge in [-0.25, -0.2) is 0 Å². The first-order chi connectivity index (χ1) is 15.0. The number of piperidine rings is 1. The average molecular weight is 422 g/mol. The van der Waals surface area contributed by atoms with Gasteiger partial charge < -0.3 is 14.2 Å². The summed E-state index contributed by atoms with van der Waals surface area (Å²) in [5.41, 5.74) is 1.65. The predicted octanol–water partition coefficient (Wildman–Crippen LogP) is 3.98. The lowest BCUT2D eigenvalue weighted by atomic mass is 9.96. The minimum Gasteiger partial charge on any atom is -0.497 e. The van der Waals surface area contributed by atoms with Crippen LogP contribution < -0.4 is 4.74 Å². The lowest BCUT2D eigenvalue weighted by Crippen LogP contribution is -2.38. The quantitative estimate of drug-likeness (QED) is 0.451. The summed E-state index contributed by atoms with van der Waals surface area (Å²) in [7, 11) is 1.61. The van der Waals surface area contributed by atoms with E-state index in [2.05, 4.69) is 10.1 Å². The van der Waals surface area contributed by atoms with Crippen LogP contribution >= 0.6 is 0 Å². The van der Waals surface area contributed by atoms with Gasteiger partial charge in [0.2, 0.25) is 11.7 Å². The number of benzene rings is 2. The molecule has 0 radical (unpaired) electrons. The molecule has 4 rings (SSSR count). The highest BCUT2D eigenvalue weighted by molar-refractivity contribution is 5.95. The van der Waals surface area contributed by atoms with E-state index in [1.54, 1.807) is 31.1 Å². The molecule has 0 spiro atoms. The Morgan fingerprint density at radius 1 is 1.19 bits per heavy atom. The molecule has 0 N–H and O–H groups in total. The zero-order valence-electron chi connectivity index (χ0n) is 17.3. The summed E-state index contributed by atoms with van der Waals surface area (Å²) in [5, 5.41) is 15.2. The van der Waals surface area contributed by atoms with Gasteiger partial charge in [0.15, 0.2) is 0 Å². The first kappa shape index (κ1) is 20.5. The Morgan fingerprint density at radius 2 is 1.90 bits per heavy atom. The van der Waals surface area contributed by atoms with Gasteiger partial charge in [0.25, 0.3) is 11.6 Å². The van der Waals surface area contributed by atoms with Gasteiger partial charge in [-0.2, -0.15) is 4.98 Å². The number of nitrogens with zero attached hydrogens (tertiary/aromatic N) is 4. The average Bonchev–Trinajstić information content (AvgIpc) is 3.29. The van der Waals surface area contributed by atoms with E-state index in [0.717, 1.165) is 11.3 Å². The molecule has 2 aromatic carbocycles. The molecular weight excluding hydrogens is 400 g/mol. The normalized spacial score (nSPS) is 14.5. The first-order valence-electron chi connectivity index (χ1n) is 9.98. The third kappa shape index (κ3) is 4.25. The Morgan fingerprint density at radius 3 is 2.55 bits per heavy atom. The monoisotopic (exact) mass is 422 g/mol. The molecule has 3 aromatic rings. The lowest BCUT2D eigenvalue weighted by molar-refractivity contribution is -0.385. The number of rotatable bonds is 5. The fourth-order valence-electron chi connectivity index (χ4n) is 3.71. The molecule has 160 valence electrons. The number of aryl methyl sites for hydroxylation is 1. The van der Waals surface area contributed by atoms with Crippen LogP contribution in [0.1, 0.15) is 40.6 Å². The molecule has 1 saturated heterocycles. The number of nitro benzene ring substituents is 1. The summed E-state index contributed by atoms with van der Waals surface area (Å²) in [4.78, 5) is 29.8. The summed E-state index contributed by atoms with van der Waals surface area (Å²) < 4.78 is 10.6. The summed E-state index contributed by atoms with van der Waals surface area (Å²) in [6.45, 7) is 2.69. The van der Waals surface area contributed by atoms with Crippen molar-refractivity contribution in [3.63, 3.8) is 0 Å². The van der Waals surface area contributed by atoms with Crippen molar-refractivity contribution in [3.05, 3.63) is 69.6 Å². The molecule has 1 aromatic heterocycles. The van der Waals surface area contributed by atoms with Crippen LogP contribution in [0.25, 0.3) is 11.4 Å². The van der Waals surface area contributed by atoms with Crippen molar-refractivity contribution in [2.45, 2.75) is 25.7 Å². The number of hydrogen-bond donors (Lipinski definition) is 0. The van der Waals surface area contributed by atoms with Crippen LogP contribution in [0, 0.1) is 17.0 Å². The first-order valence-corrected chi connectivity index (χ1v) is 9.98. The number of likely N-dealkylation sites (tertiary alicyclic amines) is 1. The van der Waals surface area contributed by atoms with Gasteiger partial charge in [0.05, 0.1) is 12.0 Å². The Labute approximate surface area is 178 Å². The fourth-order valence-corrected chi connectivity index (χ4v) is 3.71. The van der Waals surface area contributed by atoms with Crippen molar-refractivity contribution in [2.75, 3.05) is 20.2 Å². The molecule has 0 aliphatic carbocycles. The highest BCUT2D eigenvalue weighted by atomic mass is 16.6. The number of carbonyl (C=O) groups excluding carboxylic acids is 1. The van der Waals surface area contributed by atoms with Crippen molar-refractivity contribution >= 4 is 11.6 Å². The number of hydrogen-bond acceptors (Lipinski definition) is 7. The molecule has 1 aliphatic rings. The maximum Gasteiger partial charge on any atom is 0.273 e. The molecular formula is C22H22N4O5. The maximum atomic E-state index is 12.8. The molecule has 0 saturated carbocycles. The number of ether oxygens (including phenoxy) is 1. The zero-order chi connectivity index (χ0) is 22.0. The Hall–Kier alpha value is -3.75. The molecule has 31 heavy (non-hydrogen) atoms. The molecule has 0 bridgehead atoms. The van der Waals surface area contributed by atoms with E-state index in [-0.39, 0.29) is 17.5 Å². The summed E-state index contributed by atoms with van der Waals surface area (Å²) in [5.74, 6) is 1.69. The molecule has 9 nitrogen and oxygen atoms in total. The van der Waals surface area contributed by atoms with Crippen LogP contribution in [0.5, 0.6) is 5.75 Å². The largest absolute Gasteiger partial charge is 0.497 e. The highest BCUT2D eigenvalue weighted by Gasteiger charge is 2.29. The predicted molar refractivity (Wildman–Crippen MR) is 112 cm³/mol. The highest BCUT2D eigenvalue weighted by Crippen LogP contribution is 2.30. The molecule has 1 amide bonds. The van der Waals surface area contributed by atoms with Crippen LogP contribution in [0.4, 0.5) is 5.69 Å². The lowest BCUT2D eigenvalue weighted by Gasteiger charge is -2.30. The van der Waals surface area contributed by atoms with E-state index >= 15 is 0 Å². The zero-order valence-corrected chi connectivity index (χ0v) is 17.3. The van der Waals surface area contributed by atoms with Crippen molar-refractivity contribution < 1.29 is 19.0 Å². The SMILES string of the molecule is COc1ccc(-c2noc(C3CCN(C(=O)c4ccc(C)c([N+](=O)[O-])c4)CC3)n2)cc1. The van der Waals surface area contributed by atoms with Gasteiger partial charge in [-0.15, -0.1) is 0 Å². The number of amides is 1. The number of carbonyl (C=O) groups is 1. The van der Waals surface area contributed by atoms with E-state index < -0.39 is 4.92 Å². The fraction of sp³-hybridized carbons (Fsp3) is 0.318. The van der Waals surface area contributed by atoms with Crippen LogP contribution in [-0.4, -0.2) is 46.1 Å². The second kappa shape index (κ2) is 8.55. The van der Waals surface area contributed by atoms with Crippen molar-refractivity contribution in [2.24, 2.45) is 0 Å². The van der Waals surface area contributed by atoms with E-state index in [0.29, 0.717) is 48.8 Å². The molecule has 1 aliphatic heterocycles. The van der Waals surface area contributed by atoms with E-state index in [1.165, 1.54) is 6.07 Å². The van der Waals surface area contributed by atoms with Crippen molar-refractivity contribution in [1.29, 1.82) is 0 Å². The van der Waals surface area contributed by atoms with Gasteiger partial charge >= 0.3 is 0 Å². The molecule has 0 atom stereocenters. The third-order valence-corrected chi connectivity index (χ3v) is 5.57. The van der Waals surface area contributed by atoms with E-state index in [9.17, 15) is 14.9 Å². The summed E-state index contributed by atoms with van der Waals surface area (Å²) in [6.07, 6.45) is 1.37. The van der Waals surface area contributed by atoms with Gasteiger partial charge in [-0.05, 0) is 50.1 Å². The minimum absolute atomic E-state index is 0.0438. The van der Waals surface area contributed by atoms with Gasteiger partial charge in [-0.3, -0.25) is 14.9 Å². The second-order valence-electron chi connectivity index (χ2n) is 7.51. The number of methoxy groups -OCH3 is 1. The van der Waals surface area contributed by atoms with E-state index in [1.807, 2.05) is 24.3 Å². The van der Waals surface area contributed by atoms with Gasteiger partial charge in [-0.1, -0.05) is 11.2 Å². The van der Waals surface area contributed by atoms with Crippen LogP contribution in [0.3, 0.4) is 0 Å². The van der Waals surface area contributed by atoms with Crippen LogP contribution in [-0.2, 0) is 0 Å². The Kier molecular flexibility index (Phi) is 5.66. The molecule has 1 fully saturated rings. The Balaban J connectivity index is 1.41. The summed E-state index contributed by atoms with van der Waals surface area (Å²) >= 11 is 0. The van der Waals surface area contributed by atoms with Gasteiger partial charge in [0.1, 0.15) is 5.75 Å². The second-order valence-corrected chi connectivity index (χ2v) is 7.51. The number of aromatic nitrogens is 2. The number of nitro groups is 1. The van der Waals surface area contributed by atoms with Crippen molar-refractivity contribution in [1.82, 2.24) is 15.0 Å². The maximum absolute atomic E-state index is 12.8. The third-order valence-electron chi connectivity index (χ3n) is 5.57. The van der Waals surface area contributed by atoms with Crippen molar-refractivity contribution in [3.8, 4) is 17.1 Å². The van der Waals surface area contributed by atoms with Gasteiger partial charge in [0, 0.05) is 41.8 Å². The van der Waals surface area contributed by atoms with Crippen LogP contribution in [0.15, 0.2) is 47.0 Å². The van der Waals surface area contributed by atoms with Crippen LogP contribution in [0.2, 0.25) is 0 Å². The topological polar surface area (TPSA) is 112 Å². The van der Waals surface area contributed by atoms with E-state index in [4.69, 9.17) is 9.26 Å². The smallest absolute Gasteiger partial charge is 0.273 e. The molecule has 0 unspecified atom stereocenters. The molecule has 9 heteroatoms. The molecule has 2 heterocycles. The summed E-state index contributed by atoms with van der Waals surface area (Å²) in [6, 6.07) is 12.0. The minimum atomic E-state index is -0.464. The Bertz CT molecular complexity index is 1100.